The summed E-state index contributed by atoms with van der Waals surface area (Å²) in [6.07, 6.45) is 2.20. The van der Waals surface area contributed by atoms with Crippen molar-refractivity contribution < 1.29 is 28.7 Å². The Labute approximate surface area is 195 Å². The summed E-state index contributed by atoms with van der Waals surface area (Å²) in [5.41, 5.74) is 1.55. The van der Waals surface area contributed by atoms with Crippen molar-refractivity contribution in [2.75, 3.05) is 25.0 Å². The van der Waals surface area contributed by atoms with Crippen LogP contribution >= 0.6 is 0 Å². The predicted octanol–water partition coefficient (Wildman–Crippen LogP) is 2.72. The number of carbonyl (C=O) groups excluding carboxylic acids is 5. The average molecular weight is 461 g/mol. The van der Waals surface area contributed by atoms with Gasteiger partial charge in [-0.2, -0.15) is 0 Å². The van der Waals surface area contributed by atoms with Crippen LogP contribution in [0.2, 0.25) is 0 Å². The van der Waals surface area contributed by atoms with Crippen LogP contribution in [0.3, 0.4) is 0 Å². The van der Waals surface area contributed by atoms with Crippen molar-refractivity contribution in [2.45, 2.75) is 32.3 Å². The lowest BCUT2D eigenvalue weighted by Gasteiger charge is -2.17. The first kappa shape index (κ1) is 22.0. The number of nitrogens with zero attached hydrogens (tertiary/aromatic N) is 2. The first-order valence-corrected chi connectivity index (χ1v) is 11.3. The highest BCUT2D eigenvalue weighted by molar-refractivity contribution is 6.23. The Kier molecular flexibility index (Phi) is 5.49. The van der Waals surface area contributed by atoms with Crippen LogP contribution in [0.1, 0.15) is 78.0 Å². The minimum atomic E-state index is -0.495. The van der Waals surface area contributed by atoms with Gasteiger partial charge in [-0.15, -0.1) is 0 Å². The average Bonchev–Trinajstić information content (AvgIpc) is 3.50. The molecule has 0 aromatic heterocycles. The second-order valence-electron chi connectivity index (χ2n) is 8.59. The Morgan fingerprint density at radius 1 is 0.912 bits per heavy atom. The normalized spacial score (nSPS) is 19.1. The maximum atomic E-state index is 12.9. The second kappa shape index (κ2) is 8.49. The van der Waals surface area contributed by atoms with Crippen molar-refractivity contribution in [1.82, 2.24) is 9.80 Å². The summed E-state index contributed by atoms with van der Waals surface area (Å²) >= 11 is 0. The molecule has 3 aliphatic heterocycles. The number of nitrogens with one attached hydrogen (secondary N) is 1. The zero-order valence-corrected chi connectivity index (χ0v) is 18.6. The lowest BCUT2D eigenvalue weighted by molar-refractivity contribution is 0.0474. The maximum absolute atomic E-state index is 12.9. The fraction of sp³-hybridized carbons (Fsp3) is 0.320. The van der Waals surface area contributed by atoms with E-state index in [4.69, 9.17) is 4.74 Å². The van der Waals surface area contributed by atoms with Crippen molar-refractivity contribution in [3.05, 3.63) is 64.2 Å². The van der Waals surface area contributed by atoms with Gasteiger partial charge in [0.2, 0.25) is 0 Å². The Morgan fingerprint density at radius 3 is 2.26 bits per heavy atom. The molecule has 0 bridgehead atoms. The van der Waals surface area contributed by atoms with Crippen LogP contribution in [-0.4, -0.2) is 65.1 Å². The molecule has 0 saturated carbocycles. The summed E-state index contributed by atoms with van der Waals surface area (Å²) < 4.78 is 5.55. The molecule has 9 heteroatoms. The first-order chi connectivity index (χ1) is 16.4. The summed E-state index contributed by atoms with van der Waals surface area (Å²) in [4.78, 5) is 65.7. The van der Waals surface area contributed by atoms with Gasteiger partial charge in [0.05, 0.1) is 34.9 Å². The number of anilines is 1. The molecule has 2 aromatic carbocycles. The Morgan fingerprint density at radius 2 is 1.56 bits per heavy atom. The fourth-order valence-electron chi connectivity index (χ4n) is 4.59. The molecule has 34 heavy (non-hydrogen) atoms. The number of imide groups is 2. The summed E-state index contributed by atoms with van der Waals surface area (Å²) in [5, 5.41) is 2.71. The number of benzene rings is 2. The Balaban J connectivity index is 1.33. The molecule has 0 spiro atoms. The number of rotatable bonds is 6. The number of hydrogen-bond acceptors (Lipinski definition) is 6. The lowest BCUT2D eigenvalue weighted by atomic mass is 10.0. The summed E-state index contributed by atoms with van der Waals surface area (Å²) in [6, 6.07) is 8.94. The second-order valence-corrected chi connectivity index (χ2v) is 8.59. The molecule has 2 aromatic rings. The van der Waals surface area contributed by atoms with Gasteiger partial charge < -0.3 is 10.1 Å². The van der Waals surface area contributed by atoms with E-state index >= 15 is 0 Å². The van der Waals surface area contributed by atoms with Gasteiger partial charge in [0.15, 0.2) is 0 Å². The van der Waals surface area contributed by atoms with Crippen molar-refractivity contribution in [1.29, 1.82) is 0 Å². The summed E-state index contributed by atoms with van der Waals surface area (Å²) in [5.74, 6) is -2.05. The van der Waals surface area contributed by atoms with Gasteiger partial charge in [0.25, 0.3) is 29.5 Å². The molecule has 0 aliphatic carbocycles. The van der Waals surface area contributed by atoms with E-state index in [-0.39, 0.29) is 46.7 Å². The molecule has 9 nitrogen and oxygen atoms in total. The molecule has 1 atom stereocenters. The van der Waals surface area contributed by atoms with Gasteiger partial charge in [-0.25, -0.2) is 0 Å². The maximum Gasteiger partial charge on any atom is 0.261 e. The van der Waals surface area contributed by atoms with Crippen LogP contribution in [0.4, 0.5) is 5.69 Å². The van der Waals surface area contributed by atoms with Gasteiger partial charge >= 0.3 is 0 Å². The van der Waals surface area contributed by atoms with Crippen LogP contribution in [0.25, 0.3) is 0 Å². The zero-order valence-electron chi connectivity index (χ0n) is 18.6. The van der Waals surface area contributed by atoms with Crippen LogP contribution in [0.15, 0.2) is 36.4 Å². The van der Waals surface area contributed by atoms with Crippen molar-refractivity contribution in [3.63, 3.8) is 0 Å². The van der Waals surface area contributed by atoms with E-state index in [9.17, 15) is 24.0 Å². The number of hydrogen-bond donors (Lipinski definition) is 1. The zero-order chi connectivity index (χ0) is 24.0. The molecule has 3 heterocycles. The van der Waals surface area contributed by atoms with Crippen LogP contribution in [0.5, 0.6) is 0 Å². The molecule has 174 valence electrons. The minimum absolute atomic E-state index is 0.149. The molecule has 1 saturated heterocycles. The minimum Gasteiger partial charge on any atom is -0.376 e. The highest BCUT2D eigenvalue weighted by Crippen LogP contribution is 2.28. The summed E-state index contributed by atoms with van der Waals surface area (Å²) in [6.45, 7) is 3.03. The van der Waals surface area contributed by atoms with Gasteiger partial charge in [-0.1, -0.05) is 6.92 Å². The molecule has 5 amide bonds. The lowest BCUT2D eigenvalue weighted by Crippen LogP contribution is -2.36. The van der Waals surface area contributed by atoms with Gasteiger partial charge in [0.1, 0.15) is 0 Å². The largest absolute Gasteiger partial charge is 0.376 e. The third-order valence-corrected chi connectivity index (χ3v) is 6.32. The highest BCUT2D eigenvalue weighted by Gasteiger charge is 2.38. The third kappa shape index (κ3) is 3.58. The van der Waals surface area contributed by atoms with E-state index in [1.807, 2.05) is 6.92 Å². The van der Waals surface area contributed by atoms with Gasteiger partial charge in [-0.3, -0.25) is 33.8 Å². The molecule has 0 radical (unpaired) electrons. The topological polar surface area (TPSA) is 113 Å². The van der Waals surface area contributed by atoms with Crippen molar-refractivity contribution in [3.8, 4) is 0 Å². The predicted molar refractivity (Wildman–Crippen MR) is 121 cm³/mol. The molecular weight excluding hydrogens is 438 g/mol. The van der Waals surface area contributed by atoms with Crippen LogP contribution < -0.4 is 5.32 Å². The number of carbonyl (C=O) groups is 5. The smallest absolute Gasteiger partial charge is 0.261 e. The summed E-state index contributed by atoms with van der Waals surface area (Å²) in [7, 11) is 0. The van der Waals surface area contributed by atoms with Crippen molar-refractivity contribution in [2.24, 2.45) is 0 Å². The third-order valence-electron chi connectivity index (χ3n) is 6.32. The molecule has 1 N–H and O–H groups in total. The highest BCUT2D eigenvalue weighted by atomic mass is 16.5. The number of fused-ring (bicyclic) bond motifs is 2. The number of ether oxygens (including phenoxy) is 1. The van der Waals surface area contributed by atoms with Gasteiger partial charge in [0, 0.05) is 24.4 Å². The standard InChI is InChI=1S/C25H23N3O6/c1-2-9-27-22(30)17-7-5-14(11-19(17)24(27)32)21(29)26-15-6-8-18-20(12-15)25(33)28(23(18)31)13-16-4-3-10-34-16/h5-8,11-12,16H,2-4,9-10,13H2,1H3,(H,26,29). The van der Waals surface area contributed by atoms with Crippen LogP contribution in [-0.2, 0) is 4.74 Å². The molecule has 3 aliphatic rings. The quantitative estimate of drug-likeness (QED) is 0.662. The van der Waals surface area contributed by atoms with E-state index in [0.29, 0.717) is 30.8 Å². The molecule has 1 fully saturated rings. The Bertz CT molecular complexity index is 1250. The Hall–Kier alpha value is -3.85. The van der Waals surface area contributed by atoms with E-state index < -0.39 is 17.7 Å². The van der Waals surface area contributed by atoms with Crippen molar-refractivity contribution >= 4 is 35.2 Å². The SMILES string of the molecule is CCCN1C(=O)c2ccc(C(=O)Nc3ccc4c(c3)C(=O)N(CC3CCCO3)C4=O)cc2C1=O. The van der Waals surface area contributed by atoms with E-state index in [1.54, 1.807) is 6.07 Å². The first-order valence-electron chi connectivity index (χ1n) is 11.3. The van der Waals surface area contributed by atoms with E-state index in [0.717, 1.165) is 12.8 Å². The fourth-order valence-corrected chi connectivity index (χ4v) is 4.59. The van der Waals surface area contributed by atoms with E-state index in [1.165, 1.54) is 40.1 Å². The monoisotopic (exact) mass is 461 g/mol. The van der Waals surface area contributed by atoms with E-state index in [2.05, 4.69) is 5.32 Å². The molecule has 1 unspecified atom stereocenters. The van der Waals surface area contributed by atoms with Gasteiger partial charge in [-0.05, 0) is 55.7 Å². The molecular formula is C25H23N3O6. The molecule has 5 rings (SSSR count). The van der Waals surface area contributed by atoms with Crippen LogP contribution in [0, 0.1) is 0 Å². The number of amides is 5.